The number of benzene rings is 1. The number of carbonyl (C=O) groups excluding carboxylic acids is 2. The molecule has 1 heterocycles. The van der Waals surface area contributed by atoms with Crippen molar-refractivity contribution in [3.63, 3.8) is 0 Å². The van der Waals surface area contributed by atoms with E-state index in [1.54, 1.807) is 0 Å². The Morgan fingerprint density at radius 2 is 1.81 bits per heavy atom. The van der Waals surface area contributed by atoms with Crippen LogP contribution in [0.15, 0.2) is 28.7 Å². The summed E-state index contributed by atoms with van der Waals surface area (Å²) in [6.07, 6.45) is 0. The van der Waals surface area contributed by atoms with E-state index in [1.807, 2.05) is 36.2 Å². The number of carbonyl (C=O) groups is 2. The lowest BCUT2D eigenvalue weighted by atomic mass is 10.2. The van der Waals surface area contributed by atoms with Gasteiger partial charge in [-0.15, -0.1) is 0 Å². The highest BCUT2D eigenvalue weighted by Gasteiger charge is 2.23. The minimum atomic E-state index is -0.135. The van der Waals surface area contributed by atoms with Crippen molar-refractivity contribution in [2.45, 2.75) is 6.92 Å². The third-order valence-electron chi connectivity index (χ3n) is 3.67. The minimum Gasteiger partial charge on any atom is -0.339 e. The number of nitrogens with zero attached hydrogens (tertiary/aromatic N) is 3. The van der Waals surface area contributed by atoms with E-state index < -0.39 is 0 Å². The maximum Gasteiger partial charge on any atom is 0.242 e. The van der Waals surface area contributed by atoms with Gasteiger partial charge >= 0.3 is 0 Å². The molecule has 2 rings (SSSR count). The van der Waals surface area contributed by atoms with Crippen LogP contribution >= 0.6 is 15.9 Å². The van der Waals surface area contributed by atoms with Crippen LogP contribution in [-0.2, 0) is 9.59 Å². The minimum absolute atomic E-state index is 0.00551. The SMILES string of the molecule is CC(=O)N(CC(=O)N1CCN(C)CC1)c1ccccc1Br. The highest BCUT2D eigenvalue weighted by atomic mass is 79.9. The zero-order chi connectivity index (χ0) is 15.4. The topological polar surface area (TPSA) is 43.9 Å². The number of likely N-dealkylation sites (N-methyl/N-ethyl adjacent to an activating group) is 1. The second-order valence-corrected chi connectivity index (χ2v) is 6.09. The third kappa shape index (κ3) is 4.04. The Morgan fingerprint density at radius 3 is 2.38 bits per heavy atom. The highest BCUT2D eigenvalue weighted by molar-refractivity contribution is 9.10. The molecule has 1 aromatic carbocycles. The zero-order valence-corrected chi connectivity index (χ0v) is 14.0. The van der Waals surface area contributed by atoms with E-state index in [2.05, 4.69) is 20.8 Å². The monoisotopic (exact) mass is 353 g/mol. The van der Waals surface area contributed by atoms with Gasteiger partial charge in [0.1, 0.15) is 6.54 Å². The predicted octanol–water partition coefficient (Wildman–Crippen LogP) is 1.58. The molecular weight excluding hydrogens is 334 g/mol. The highest BCUT2D eigenvalue weighted by Crippen LogP contribution is 2.25. The van der Waals surface area contributed by atoms with Gasteiger partial charge in [0, 0.05) is 37.6 Å². The van der Waals surface area contributed by atoms with Gasteiger partial charge in [0.2, 0.25) is 11.8 Å². The summed E-state index contributed by atoms with van der Waals surface area (Å²) < 4.78 is 0.811. The third-order valence-corrected chi connectivity index (χ3v) is 4.34. The first kappa shape index (κ1) is 16.0. The standard InChI is InChI=1S/C15H20BrN3O2/c1-12(20)19(14-6-4-3-5-13(14)16)11-15(21)18-9-7-17(2)8-10-18/h3-6H,7-11H2,1-2H3. The average molecular weight is 354 g/mol. The number of rotatable bonds is 3. The summed E-state index contributed by atoms with van der Waals surface area (Å²) in [5.41, 5.74) is 0.729. The Morgan fingerprint density at radius 1 is 1.19 bits per heavy atom. The van der Waals surface area contributed by atoms with Gasteiger partial charge in [-0.2, -0.15) is 0 Å². The Kier molecular flexibility index (Phi) is 5.36. The molecule has 21 heavy (non-hydrogen) atoms. The fourth-order valence-corrected chi connectivity index (χ4v) is 2.83. The number of amides is 2. The van der Waals surface area contributed by atoms with Crippen LogP contribution in [0.4, 0.5) is 5.69 Å². The fraction of sp³-hybridized carbons (Fsp3) is 0.467. The van der Waals surface area contributed by atoms with Crippen molar-refractivity contribution >= 4 is 33.4 Å². The van der Waals surface area contributed by atoms with E-state index >= 15 is 0 Å². The largest absolute Gasteiger partial charge is 0.339 e. The number of para-hydroxylation sites is 1. The van der Waals surface area contributed by atoms with Gasteiger partial charge in [-0.25, -0.2) is 0 Å². The molecule has 5 nitrogen and oxygen atoms in total. The van der Waals surface area contributed by atoms with Crippen LogP contribution in [0.1, 0.15) is 6.92 Å². The van der Waals surface area contributed by atoms with Crippen molar-refractivity contribution in [3.8, 4) is 0 Å². The Labute approximate surface area is 133 Å². The molecular formula is C15H20BrN3O2. The maximum absolute atomic E-state index is 12.4. The van der Waals surface area contributed by atoms with Crippen molar-refractivity contribution in [1.29, 1.82) is 0 Å². The summed E-state index contributed by atoms with van der Waals surface area (Å²) in [6, 6.07) is 7.44. The molecule has 0 aliphatic carbocycles. The van der Waals surface area contributed by atoms with Crippen molar-refractivity contribution in [2.24, 2.45) is 0 Å². The first-order valence-electron chi connectivity index (χ1n) is 6.98. The molecule has 2 amide bonds. The smallest absolute Gasteiger partial charge is 0.242 e. The summed E-state index contributed by atoms with van der Waals surface area (Å²) in [6.45, 7) is 4.76. The lowest BCUT2D eigenvalue weighted by molar-refractivity contribution is -0.132. The van der Waals surface area contributed by atoms with Crippen LogP contribution in [0, 0.1) is 0 Å². The molecule has 114 valence electrons. The summed E-state index contributed by atoms with van der Waals surface area (Å²) in [7, 11) is 2.05. The molecule has 0 atom stereocenters. The van der Waals surface area contributed by atoms with E-state index in [0.29, 0.717) is 0 Å². The van der Waals surface area contributed by atoms with Gasteiger partial charge in [0.15, 0.2) is 0 Å². The van der Waals surface area contributed by atoms with Crippen LogP contribution in [0.2, 0.25) is 0 Å². The van der Waals surface area contributed by atoms with Crippen LogP contribution < -0.4 is 4.90 Å². The summed E-state index contributed by atoms with van der Waals surface area (Å²) in [5.74, 6) is -0.140. The number of hydrogen-bond acceptors (Lipinski definition) is 3. The van der Waals surface area contributed by atoms with Gasteiger partial charge in [-0.1, -0.05) is 12.1 Å². The lowest BCUT2D eigenvalue weighted by Crippen LogP contribution is -2.50. The van der Waals surface area contributed by atoms with Gasteiger partial charge in [-0.05, 0) is 35.1 Å². The van der Waals surface area contributed by atoms with Crippen LogP contribution in [0.5, 0.6) is 0 Å². The number of piperazine rings is 1. The summed E-state index contributed by atoms with van der Waals surface area (Å²) in [4.78, 5) is 29.8. The van der Waals surface area contributed by atoms with Gasteiger partial charge in [0.25, 0.3) is 0 Å². The molecule has 0 spiro atoms. The first-order chi connectivity index (χ1) is 9.99. The molecule has 1 aliphatic heterocycles. The van der Waals surface area contributed by atoms with E-state index in [-0.39, 0.29) is 18.4 Å². The summed E-state index contributed by atoms with van der Waals surface area (Å²) >= 11 is 3.43. The van der Waals surface area contributed by atoms with E-state index in [1.165, 1.54) is 11.8 Å². The second-order valence-electron chi connectivity index (χ2n) is 5.24. The van der Waals surface area contributed by atoms with Gasteiger partial charge in [0.05, 0.1) is 5.69 Å². The van der Waals surface area contributed by atoms with Crippen molar-refractivity contribution in [1.82, 2.24) is 9.80 Å². The molecule has 1 saturated heterocycles. The van der Waals surface area contributed by atoms with Crippen LogP contribution in [-0.4, -0.2) is 61.4 Å². The second kappa shape index (κ2) is 7.04. The lowest BCUT2D eigenvalue weighted by Gasteiger charge is -2.34. The quantitative estimate of drug-likeness (QED) is 0.828. The number of anilines is 1. The van der Waals surface area contributed by atoms with E-state index in [0.717, 1.165) is 36.3 Å². The molecule has 6 heteroatoms. The molecule has 0 aromatic heterocycles. The van der Waals surface area contributed by atoms with Crippen molar-refractivity contribution in [2.75, 3.05) is 44.7 Å². The van der Waals surface area contributed by atoms with E-state index in [4.69, 9.17) is 0 Å². The molecule has 1 fully saturated rings. The summed E-state index contributed by atoms with van der Waals surface area (Å²) in [5, 5.41) is 0. The van der Waals surface area contributed by atoms with Crippen molar-refractivity contribution < 1.29 is 9.59 Å². The molecule has 0 unspecified atom stereocenters. The molecule has 0 N–H and O–H groups in total. The molecule has 1 aromatic rings. The average Bonchev–Trinajstić information content (AvgIpc) is 2.46. The van der Waals surface area contributed by atoms with Gasteiger partial charge in [-0.3, -0.25) is 9.59 Å². The zero-order valence-electron chi connectivity index (χ0n) is 12.4. The first-order valence-corrected chi connectivity index (χ1v) is 7.77. The fourth-order valence-electron chi connectivity index (χ4n) is 2.33. The molecule has 1 aliphatic rings. The maximum atomic E-state index is 12.4. The van der Waals surface area contributed by atoms with Crippen LogP contribution in [0.25, 0.3) is 0 Å². The molecule has 0 saturated carbocycles. The predicted molar refractivity (Wildman–Crippen MR) is 86.2 cm³/mol. The Bertz CT molecular complexity index is 527. The normalized spacial score (nSPS) is 15.9. The molecule has 0 radical (unpaired) electrons. The molecule has 0 bridgehead atoms. The number of hydrogen-bond donors (Lipinski definition) is 0. The Balaban J connectivity index is 2.08. The Hall–Kier alpha value is -1.40. The van der Waals surface area contributed by atoms with Crippen molar-refractivity contribution in [3.05, 3.63) is 28.7 Å². The number of halogens is 1. The van der Waals surface area contributed by atoms with Gasteiger partial charge < -0.3 is 14.7 Å². The van der Waals surface area contributed by atoms with Crippen LogP contribution in [0.3, 0.4) is 0 Å². The van der Waals surface area contributed by atoms with E-state index in [9.17, 15) is 9.59 Å².